The molecule has 2 aromatic heterocycles. The summed E-state index contributed by atoms with van der Waals surface area (Å²) in [6.07, 6.45) is 8.51. The summed E-state index contributed by atoms with van der Waals surface area (Å²) in [5.74, 6) is 2.72. The molecule has 2 amide bonds. The maximum absolute atomic E-state index is 13.6. The van der Waals surface area contributed by atoms with E-state index in [0.717, 1.165) is 53.9 Å². The Balaban J connectivity index is 1.43. The SMILES string of the molecule is C=CC(=O)N1CCC(CN(C(=O)C2CCNCC2)c2ncc(SCc3ncc(C(C)(C)C)o3)s2)CC1. The van der Waals surface area contributed by atoms with E-state index in [2.05, 4.69) is 42.6 Å². The zero-order chi connectivity index (χ0) is 25.7. The third-order valence-electron chi connectivity index (χ3n) is 6.83. The Morgan fingerprint density at radius 2 is 1.94 bits per heavy atom. The van der Waals surface area contributed by atoms with Crippen molar-refractivity contribution in [3.8, 4) is 0 Å². The van der Waals surface area contributed by atoms with E-state index in [0.29, 0.717) is 37.2 Å². The van der Waals surface area contributed by atoms with E-state index in [1.54, 1.807) is 29.3 Å². The molecule has 2 aromatic rings. The van der Waals surface area contributed by atoms with Gasteiger partial charge in [0, 0.05) is 31.0 Å². The minimum Gasteiger partial charge on any atom is -0.444 e. The van der Waals surface area contributed by atoms with Gasteiger partial charge in [0.1, 0.15) is 5.76 Å². The van der Waals surface area contributed by atoms with Crippen LogP contribution in [0.1, 0.15) is 58.1 Å². The van der Waals surface area contributed by atoms with Gasteiger partial charge in [0.25, 0.3) is 0 Å². The molecule has 0 saturated carbocycles. The average molecular weight is 532 g/mol. The normalized spacial score (nSPS) is 17.8. The number of piperidine rings is 2. The van der Waals surface area contributed by atoms with Gasteiger partial charge in [-0.1, -0.05) is 38.7 Å². The van der Waals surface area contributed by atoms with Crippen LogP contribution in [0.25, 0.3) is 0 Å². The van der Waals surface area contributed by atoms with Crippen molar-refractivity contribution in [2.45, 2.75) is 61.8 Å². The first kappa shape index (κ1) is 26.9. The fourth-order valence-electron chi connectivity index (χ4n) is 4.57. The Bertz CT molecular complexity index is 1050. The largest absolute Gasteiger partial charge is 0.444 e. The first-order valence-corrected chi connectivity index (χ1v) is 14.5. The Morgan fingerprint density at radius 1 is 1.22 bits per heavy atom. The summed E-state index contributed by atoms with van der Waals surface area (Å²) in [6.45, 7) is 13.7. The highest BCUT2D eigenvalue weighted by Crippen LogP contribution is 2.35. The summed E-state index contributed by atoms with van der Waals surface area (Å²) >= 11 is 3.19. The molecule has 36 heavy (non-hydrogen) atoms. The van der Waals surface area contributed by atoms with Crippen molar-refractivity contribution in [1.82, 2.24) is 20.2 Å². The lowest BCUT2D eigenvalue weighted by atomic mass is 9.93. The number of hydrogen-bond donors (Lipinski definition) is 1. The molecule has 0 aliphatic carbocycles. The Kier molecular flexibility index (Phi) is 8.90. The second-order valence-electron chi connectivity index (χ2n) is 10.6. The smallest absolute Gasteiger partial charge is 0.245 e. The highest BCUT2D eigenvalue weighted by Gasteiger charge is 2.32. The van der Waals surface area contributed by atoms with Gasteiger partial charge in [-0.15, -0.1) is 11.8 Å². The van der Waals surface area contributed by atoms with Crippen molar-refractivity contribution < 1.29 is 14.0 Å². The second kappa shape index (κ2) is 11.9. The number of thiazole rings is 1. The molecule has 196 valence electrons. The van der Waals surface area contributed by atoms with Crippen LogP contribution in [0.4, 0.5) is 5.13 Å². The number of carbonyl (C=O) groups excluding carboxylic acids is 2. The molecule has 2 saturated heterocycles. The van der Waals surface area contributed by atoms with E-state index in [1.165, 1.54) is 6.08 Å². The van der Waals surface area contributed by atoms with Gasteiger partial charge in [-0.3, -0.25) is 14.5 Å². The topological polar surface area (TPSA) is 91.6 Å². The van der Waals surface area contributed by atoms with Gasteiger partial charge in [-0.25, -0.2) is 9.97 Å². The molecule has 0 aromatic carbocycles. The van der Waals surface area contributed by atoms with E-state index in [4.69, 9.17) is 4.42 Å². The van der Waals surface area contributed by atoms with Crippen LogP contribution in [0.15, 0.2) is 33.7 Å². The number of rotatable bonds is 8. The highest BCUT2D eigenvalue weighted by atomic mass is 32.2. The number of amides is 2. The predicted molar refractivity (Wildman–Crippen MR) is 144 cm³/mol. The van der Waals surface area contributed by atoms with Crippen LogP contribution < -0.4 is 10.2 Å². The number of nitrogens with zero attached hydrogens (tertiary/aromatic N) is 4. The Labute approximate surface area is 221 Å². The van der Waals surface area contributed by atoms with Gasteiger partial charge in [0.05, 0.1) is 22.4 Å². The highest BCUT2D eigenvalue weighted by molar-refractivity contribution is 8.00. The molecule has 0 bridgehead atoms. The fourth-order valence-corrected chi connectivity index (χ4v) is 6.40. The van der Waals surface area contributed by atoms with Crippen LogP contribution >= 0.6 is 23.1 Å². The zero-order valence-electron chi connectivity index (χ0n) is 21.5. The number of oxazole rings is 1. The second-order valence-corrected chi connectivity index (χ2v) is 12.8. The van der Waals surface area contributed by atoms with Gasteiger partial charge in [-0.05, 0) is 50.8 Å². The third-order valence-corrected chi connectivity index (χ3v) is 9.03. The van der Waals surface area contributed by atoms with E-state index >= 15 is 0 Å². The number of hydrogen-bond acceptors (Lipinski definition) is 8. The van der Waals surface area contributed by atoms with Gasteiger partial charge in [0.15, 0.2) is 5.13 Å². The van der Waals surface area contributed by atoms with Crippen molar-refractivity contribution in [3.63, 3.8) is 0 Å². The molecule has 0 unspecified atom stereocenters. The molecule has 4 heterocycles. The van der Waals surface area contributed by atoms with Crippen molar-refractivity contribution in [1.29, 1.82) is 0 Å². The van der Waals surface area contributed by atoms with E-state index < -0.39 is 0 Å². The average Bonchev–Trinajstić information content (AvgIpc) is 3.56. The van der Waals surface area contributed by atoms with E-state index in [9.17, 15) is 9.59 Å². The number of anilines is 1. The van der Waals surface area contributed by atoms with Gasteiger partial charge in [0.2, 0.25) is 17.7 Å². The molecule has 0 spiro atoms. The number of likely N-dealkylation sites (tertiary alicyclic amines) is 1. The maximum Gasteiger partial charge on any atom is 0.245 e. The lowest BCUT2D eigenvalue weighted by Crippen LogP contribution is -2.45. The predicted octanol–water partition coefficient (Wildman–Crippen LogP) is 4.48. The summed E-state index contributed by atoms with van der Waals surface area (Å²) in [4.78, 5) is 38.5. The van der Waals surface area contributed by atoms with Gasteiger partial charge >= 0.3 is 0 Å². The number of carbonyl (C=O) groups is 2. The molecule has 2 aliphatic heterocycles. The number of aromatic nitrogens is 2. The van der Waals surface area contributed by atoms with E-state index in [1.807, 2.05) is 16.0 Å². The molecular weight excluding hydrogens is 494 g/mol. The minimum atomic E-state index is -0.0712. The third kappa shape index (κ3) is 6.77. The summed E-state index contributed by atoms with van der Waals surface area (Å²) in [5, 5.41) is 4.11. The molecule has 2 aliphatic rings. The standard InChI is InChI=1S/C26H37N5O3S2/c1-5-22(32)30-12-8-18(9-13-30)16-31(24(33)19-6-10-27-11-7-19)25-29-15-23(36-25)35-17-21-28-14-20(34-21)26(2,3)4/h5,14-15,18-19,27H,1,6-13,16-17H2,2-4H3. The van der Waals surface area contributed by atoms with Crippen LogP contribution in [0.5, 0.6) is 0 Å². The van der Waals surface area contributed by atoms with Crippen molar-refractivity contribution in [2.75, 3.05) is 37.6 Å². The summed E-state index contributed by atoms with van der Waals surface area (Å²) in [5.41, 5.74) is -0.0712. The minimum absolute atomic E-state index is 0.0154. The Hall–Kier alpha value is -2.17. The molecular formula is C26H37N5O3S2. The lowest BCUT2D eigenvalue weighted by Gasteiger charge is -2.35. The first-order chi connectivity index (χ1) is 17.2. The van der Waals surface area contributed by atoms with Gasteiger partial charge in [-0.2, -0.15) is 0 Å². The van der Waals surface area contributed by atoms with Crippen LogP contribution in [-0.2, 0) is 20.8 Å². The summed E-state index contributed by atoms with van der Waals surface area (Å²) in [7, 11) is 0. The monoisotopic (exact) mass is 531 g/mol. The molecule has 0 atom stereocenters. The van der Waals surface area contributed by atoms with E-state index in [-0.39, 0.29) is 23.1 Å². The molecule has 8 nitrogen and oxygen atoms in total. The lowest BCUT2D eigenvalue weighted by molar-refractivity contribution is -0.127. The number of thioether (sulfide) groups is 1. The van der Waals surface area contributed by atoms with Crippen molar-refractivity contribution in [2.24, 2.45) is 11.8 Å². The molecule has 1 N–H and O–H groups in total. The quantitative estimate of drug-likeness (QED) is 0.397. The van der Waals surface area contributed by atoms with Crippen molar-refractivity contribution in [3.05, 3.63) is 36.7 Å². The molecule has 2 fully saturated rings. The fraction of sp³-hybridized carbons (Fsp3) is 0.615. The molecule has 0 radical (unpaired) electrons. The maximum atomic E-state index is 13.6. The zero-order valence-corrected chi connectivity index (χ0v) is 23.1. The summed E-state index contributed by atoms with van der Waals surface area (Å²) in [6, 6.07) is 0. The van der Waals surface area contributed by atoms with Gasteiger partial charge < -0.3 is 14.6 Å². The van der Waals surface area contributed by atoms with Crippen LogP contribution in [-0.4, -0.2) is 59.4 Å². The Morgan fingerprint density at radius 3 is 2.58 bits per heavy atom. The molecule has 4 rings (SSSR count). The van der Waals surface area contributed by atoms with Crippen LogP contribution in [0.2, 0.25) is 0 Å². The molecule has 10 heteroatoms. The van der Waals surface area contributed by atoms with Crippen LogP contribution in [0, 0.1) is 11.8 Å². The van der Waals surface area contributed by atoms with Crippen molar-refractivity contribution >= 4 is 40.0 Å². The van der Waals surface area contributed by atoms with Crippen LogP contribution in [0.3, 0.4) is 0 Å². The first-order valence-electron chi connectivity index (χ1n) is 12.7. The summed E-state index contributed by atoms with van der Waals surface area (Å²) < 4.78 is 6.96. The number of nitrogens with one attached hydrogen (secondary N) is 1.